The van der Waals surface area contributed by atoms with Crippen molar-refractivity contribution in [2.24, 2.45) is 0 Å². The van der Waals surface area contributed by atoms with Gasteiger partial charge in [0.1, 0.15) is 12.7 Å². The summed E-state index contributed by atoms with van der Waals surface area (Å²) in [5.41, 5.74) is 0. The van der Waals surface area contributed by atoms with E-state index < -0.39 is 0 Å². The van der Waals surface area contributed by atoms with E-state index >= 15 is 0 Å². The minimum absolute atomic E-state index is 0. The predicted molar refractivity (Wildman–Crippen MR) is 43.8 cm³/mol. The summed E-state index contributed by atoms with van der Waals surface area (Å²) < 4.78 is 1.92. The maximum Gasteiger partial charge on any atom is 0.137 e. The van der Waals surface area contributed by atoms with E-state index in [-0.39, 0.29) is 12.4 Å². The Bertz CT molecular complexity index is 192. The topological polar surface area (TPSA) is 42.7 Å². The molecule has 2 heterocycles. The molecule has 1 aromatic rings. The van der Waals surface area contributed by atoms with E-state index in [9.17, 15) is 0 Å². The number of aromatic nitrogens is 3. The van der Waals surface area contributed by atoms with Crippen LogP contribution in [0.25, 0.3) is 0 Å². The number of nitrogens with one attached hydrogen (secondary N) is 1. The van der Waals surface area contributed by atoms with Gasteiger partial charge in [-0.15, -0.1) is 12.4 Å². The highest BCUT2D eigenvalue weighted by Crippen LogP contribution is 2.11. The van der Waals surface area contributed by atoms with Gasteiger partial charge in [-0.3, -0.25) is 0 Å². The van der Waals surface area contributed by atoms with Crippen molar-refractivity contribution in [3.05, 3.63) is 12.7 Å². The van der Waals surface area contributed by atoms with Gasteiger partial charge in [-0.2, -0.15) is 5.10 Å². The van der Waals surface area contributed by atoms with E-state index in [0.29, 0.717) is 6.04 Å². The van der Waals surface area contributed by atoms with E-state index in [1.807, 2.05) is 4.68 Å². The summed E-state index contributed by atoms with van der Waals surface area (Å²) in [4.78, 5) is 3.89. The third kappa shape index (κ3) is 1.70. The normalized spacial score (nSPS) is 23.1. The molecule has 0 amide bonds. The average Bonchev–Trinajstić information content (AvgIpc) is 2.59. The van der Waals surface area contributed by atoms with Gasteiger partial charge >= 0.3 is 0 Å². The van der Waals surface area contributed by atoms with Gasteiger partial charge in [0, 0.05) is 6.54 Å². The van der Waals surface area contributed by atoms with Gasteiger partial charge in [0.15, 0.2) is 0 Å². The Morgan fingerprint density at radius 2 is 2.45 bits per heavy atom. The van der Waals surface area contributed by atoms with Crippen LogP contribution in [0.3, 0.4) is 0 Å². The summed E-state index contributed by atoms with van der Waals surface area (Å²) in [5.74, 6) is 0. The molecule has 1 aromatic heterocycles. The molecule has 5 heteroatoms. The maximum absolute atomic E-state index is 4.06. The van der Waals surface area contributed by atoms with Crippen molar-refractivity contribution in [2.45, 2.75) is 12.5 Å². The van der Waals surface area contributed by atoms with Crippen LogP contribution in [0.2, 0.25) is 0 Å². The zero-order valence-electron chi connectivity index (χ0n) is 6.10. The summed E-state index contributed by atoms with van der Waals surface area (Å²) in [6, 6.07) is 0.530. The molecule has 1 N–H and O–H groups in total. The number of nitrogens with zero attached hydrogens (tertiary/aromatic N) is 3. The predicted octanol–water partition coefficient (Wildman–Crippen LogP) is 0.234. The Morgan fingerprint density at radius 3 is 3.00 bits per heavy atom. The lowest BCUT2D eigenvalue weighted by atomic mass is 10.3. The largest absolute Gasteiger partial charge is 0.315 e. The molecule has 0 spiro atoms. The van der Waals surface area contributed by atoms with E-state index in [1.165, 1.54) is 6.42 Å². The smallest absolute Gasteiger partial charge is 0.137 e. The first-order valence-corrected chi connectivity index (χ1v) is 3.51. The molecule has 0 aliphatic carbocycles. The lowest BCUT2D eigenvalue weighted by Crippen LogP contribution is -2.13. The lowest BCUT2D eigenvalue weighted by Gasteiger charge is -2.05. The highest BCUT2D eigenvalue weighted by atomic mass is 35.5. The first kappa shape index (κ1) is 8.49. The second-order valence-corrected chi connectivity index (χ2v) is 2.52. The second-order valence-electron chi connectivity index (χ2n) is 2.52. The minimum Gasteiger partial charge on any atom is -0.315 e. The van der Waals surface area contributed by atoms with Crippen LogP contribution in [0.5, 0.6) is 0 Å². The molecule has 2 rings (SSSR count). The molecule has 0 saturated carbocycles. The number of halogens is 1. The summed E-state index contributed by atoms with van der Waals surface area (Å²) in [5, 5.41) is 7.34. The zero-order chi connectivity index (χ0) is 6.81. The molecule has 0 aromatic carbocycles. The van der Waals surface area contributed by atoms with Crippen molar-refractivity contribution < 1.29 is 0 Å². The maximum atomic E-state index is 4.06. The van der Waals surface area contributed by atoms with Crippen molar-refractivity contribution in [3.8, 4) is 0 Å². The van der Waals surface area contributed by atoms with Crippen LogP contribution >= 0.6 is 12.4 Å². The highest BCUT2D eigenvalue weighted by molar-refractivity contribution is 5.85. The van der Waals surface area contributed by atoms with Crippen LogP contribution in [-0.4, -0.2) is 27.9 Å². The van der Waals surface area contributed by atoms with Crippen molar-refractivity contribution in [1.82, 2.24) is 20.1 Å². The van der Waals surface area contributed by atoms with Crippen molar-refractivity contribution in [2.75, 3.05) is 13.1 Å². The van der Waals surface area contributed by atoms with Gasteiger partial charge in [-0.25, -0.2) is 9.67 Å². The van der Waals surface area contributed by atoms with Gasteiger partial charge in [-0.1, -0.05) is 0 Å². The van der Waals surface area contributed by atoms with Crippen molar-refractivity contribution in [3.63, 3.8) is 0 Å². The van der Waals surface area contributed by atoms with E-state index in [1.54, 1.807) is 12.7 Å². The molecule has 0 radical (unpaired) electrons. The third-order valence-corrected chi connectivity index (χ3v) is 1.85. The average molecular weight is 175 g/mol. The second kappa shape index (κ2) is 3.69. The molecule has 1 fully saturated rings. The molecule has 1 saturated heterocycles. The Hall–Kier alpha value is -0.610. The summed E-state index contributed by atoms with van der Waals surface area (Å²) >= 11 is 0. The van der Waals surface area contributed by atoms with Crippen LogP contribution in [0.1, 0.15) is 12.5 Å². The van der Waals surface area contributed by atoms with Gasteiger partial charge in [-0.05, 0) is 13.0 Å². The first-order valence-electron chi connectivity index (χ1n) is 3.51. The fourth-order valence-electron chi connectivity index (χ4n) is 1.27. The van der Waals surface area contributed by atoms with Gasteiger partial charge in [0.2, 0.25) is 0 Å². The number of rotatable bonds is 1. The standard InChI is InChI=1S/C6H10N4.ClH/c1-2-7-3-6(1)10-5-8-4-9-10;/h4-7H,1-3H2;1H/t6-;/m1./s1. The van der Waals surface area contributed by atoms with E-state index in [0.717, 1.165) is 13.1 Å². The van der Waals surface area contributed by atoms with Gasteiger partial charge in [0.05, 0.1) is 6.04 Å². The Kier molecular flexibility index (Phi) is 2.84. The molecule has 1 aliphatic heterocycles. The lowest BCUT2D eigenvalue weighted by molar-refractivity contribution is 0.489. The third-order valence-electron chi connectivity index (χ3n) is 1.85. The molecule has 1 atom stereocenters. The Balaban J connectivity index is 0.000000605. The van der Waals surface area contributed by atoms with Crippen molar-refractivity contribution in [1.29, 1.82) is 0 Å². The zero-order valence-corrected chi connectivity index (χ0v) is 6.92. The minimum atomic E-state index is 0. The molecule has 11 heavy (non-hydrogen) atoms. The van der Waals surface area contributed by atoms with Crippen LogP contribution in [0, 0.1) is 0 Å². The molecule has 62 valence electrons. The molecule has 0 unspecified atom stereocenters. The molecular weight excluding hydrogens is 164 g/mol. The van der Waals surface area contributed by atoms with E-state index in [2.05, 4.69) is 15.4 Å². The summed E-state index contributed by atoms with van der Waals surface area (Å²) in [7, 11) is 0. The number of hydrogen-bond donors (Lipinski definition) is 1. The van der Waals surface area contributed by atoms with Crippen LogP contribution < -0.4 is 5.32 Å². The van der Waals surface area contributed by atoms with Gasteiger partial charge < -0.3 is 5.32 Å². The Morgan fingerprint density at radius 1 is 1.55 bits per heavy atom. The van der Waals surface area contributed by atoms with Gasteiger partial charge in [0.25, 0.3) is 0 Å². The number of hydrogen-bond acceptors (Lipinski definition) is 3. The fraction of sp³-hybridized carbons (Fsp3) is 0.667. The highest BCUT2D eigenvalue weighted by Gasteiger charge is 2.15. The SMILES string of the molecule is Cl.c1ncn([C@@H]2CCNC2)n1. The summed E-state index contributed by atoms with van der Waals surface area (Å²) in [6.07, 6.45) is 4.53. The Labute approximate surface area is 71.4 Å². The summed E-state index contributed by atoms with van der Waals surface area (Å²) in [6.45, 7) is 2.13. The van der Waals surface area contributed by atoms with Crippen LogP contribution in [-0.2, 0) is 0 Å². The van der Waals surface area contributed by atoms with Crippen molar-refractivity contribution >= 4 is 12.4 Å². The van der Waals surface area contributed by atoms with Crippen LogP contribution in [0.4, 0.5) is 0 Å². The van der Waals surface area contributed by atoms with E-state index in [4.69, 9.17) is 0 Å². The fourth-order valence-corrected chi connectivity index (χ4v) is 1.27. The molecule has 0 bridgehead atoms. The quantitative estimate of drug-likeness (QED) is 0.663. The molecular formula is C6H11ClN4. The molecule has 4 nitrogen and oxygen atoms in total. The van der Waals surface area contributed by atoms with Crippen LogP contribution in [0.15, 0.2) is 12.7 Å². The monoisotopic (exact) mass is 174 g/mol. The molecule has 1 aliphatic rings. The first-order chi connectivity index (χ1) is 4.97.